The van der Waals surface area contributed by atoms with Gasteiger partial charge in [-0.2, -0.15) is 0 Å². The molecule has 0 saturated carbocycles. The van der Waals surface area contributed by atoms with E-state index in [2.05, 4.69) is 5.32 Å². The molecule has 102 valence electrons. The maximum Gasteiger partial charge on any atom is 0.257 e. The first-order valence-corrected chi connectivity index (χ1v) is 5.30. The summed E-state index contributed by atoms with van der Waals surface area (Å²) < 4.78 is 52.2. The van der Waals surface area contributed by atoms with E-state index in [1.165, 1.54) is 0 Å². The fraction of sp³-hybridized carbons (Fsp3) is 0.273. The molecular formula is C11H8F4N2O2. The van der Waals surface area contributed by atoms with E-state index >= 15 is 0 Å². The molecule has 4 nitrogen and oxygen atoms in total. The first-order chi connectivity index (χ1) is 8.91. The molecule has 1 aliphatic heterocycles. The Balaban J connectivity index is 2.36. The zero-order chi connectivity index (χ0) is 14.2. The van der Waals surface area contributed by atoms with Gasteiger partial charge in [0.25, 0.3) is 5.91 Å². The lowest BCUT2D eigenvalue weighted by Crippen LogP contribution is -2.50. The second-order valence-electron chi connectivity index (χ2n) is 3.92. The molecular weight excluding hydrogens is 268 g/mol. The van der Waals surface area contributed by atoms with Gasteiger partial charge in [-0.25, -0.2) is 17.6 Å². The Hall–Kier alpha value is -2.12. The lowest BCUT2D eigenvalue weighted by molar-refractivity contribution is -0.123. The van der Waals surface area contributed by atoms with Crippen LogP contribution in [0.4, 0.5) is 17.6 Å². The summed E-state index contributed by atoms with van der Waals surface area (Å²) in [6, 6.07) is 0.280. The van der Waals surface area contributed by atoms with Gasteiger partial charge in [-0.3, -0.25) is 9.59 Å². The predicted molar refractivity (Wildman–Crippen MR) is 55.2 cm³/mol. The van der Waals surface area contributed by atoms with E-state index in [-0.39, 0.29) is 25.7 Å². The van der Waals surface area contributed by atoms with Gasteiger partial charge < -0.3 is 10.2 Å². The summed E-state index contributed by atoms with van der Waals surface area (Å²) in [4.78, 5) is 23.8. The highest BCUT2D eigenvalue weighted by Gasteiger charge is 2.28. The van der Waals surface area contributed by atoms with Gasteiger partial charge in [-0.1, -0.05) is 0 Å². The Bertz CT molecular complexity index is 562. The van der Waals surface area contributed by atoms with Gasteiger partial charge in [0.15, 0.2) is 23.3 Å². The molecule has 1 heterocycles. The van der Waals surface area contributed by atoms with E-state index in [0.29, 0.717) is 0 Å². The van der Waals surface area contributed by atoms with Crippen molar-refractivity contribution in [1.29, 1.82) is 0 Å². The van der Waals surface area contributed by atoms with Gasteiger partial charge in [0.2, 0.25) is 5.91 Å². The monoisotopic (exact) mass is 276 g/mol. The molecule has 2 rings (SSSR count). The van der Waals surface area contributed by atoms with Crippen LogP contribution in [0.2, 0.25) is 0 Å². The molecule has 1 fully saturated rings. The molecule has 1 N–H and O–H groups in total. The number of benzene rings is 1. The molecule has 0 aromatic heterocycles. The minimum Gasteiger partial charge on any atom is -0.353 e. The third kappa shape index (κ3) is 2.38. The average molecular weight is 276 g/mol. The van der Waals surface area contributed by atoms with Crippen molar-refractivity contribution in [3.8, 4) is 0 Å². The number of halogens is 4. The quantitative estimate of drug-likeness (QED) is 0.469. The molecule has 0 spiro atoms. The zero-order valence-electron chi connectivity index (χ0n) is 9.47. The molecule has 19 heavy (non-hydrogen) atoms. The fourth-order valence-corrected chi connectivity index (χ4v) is 1.71. The molecule has 1 aromatic carbocycles. The van der Waals surface area contributed by atoms with Crippen LogP contribution in [0.1, 0.15) is 10.4 Å². The standard InChI is InChI=1S/C11H8F4N2O2/c12-6-3-5(8(13)10(15)9(6)14)11(19)17-2-1-16-7(18)4-17/h3H,1-2,4H2,(H,16,18). The molecule has 1 aliphatic rings. The van der Waals surface area contributed by atoms with Crippen LogP contribution >= 0.6 is 0 Å². The summed E-state index contributed by atoms with van der Waals surface area (Å²) >= 11 is 0. The Morgan fingerprint density at radius 2 is 1.84 bits per heavy atom. The summed E-state index contributed by atoms with van der Waals surface area (Å²) in [5.74, 6) is -9.00. The van der Waals surface area contributed by atoms with E-state index in [4.69, 9.17) is 0 Å². The smallest absolute Gasteiger partial charge is 0.257 e. The molecule has 0 radical (unpaired) electrons. The summed E-state index contributed by atoms with van der Waals surface area (Å²) in [5.41, 5.74) is -0.939. The van der Waals surface area contributed by atoms with Gasteiger partial charge in [0.1, 0.15) is 0 Å². The average Bonchev–Trinajstić information content (AvgIpc) is 2.40. The Morgan fingerprint density at radius 3 is 2.47 bits per heavy atom. The number of hydrogen-bond acceptors (Lipinski definition) is 2. The molecule has 0 aliphatic carbocycles. The summed E-state index contributed by atoms with van der Waals surface area (Å²) in [7, 11) is 0. The van der Waals surface area contributed by atoms with Crippen molar-refractivity contribution >= 4 is 11.8 Å². The van der Waals surface area contributed by atoms with Crippen molar-refractivity contribution in [3.05, 3.63) is 34.9 Å². The minimum atomic E-state index is -2.05. The SMILES string of the molecule is O=C1CN(C(=O)c2cc(F)c(F)c(F)c2F)CCN1. The Morgan fingerprint density at radius 1 is 1.16 bits per heavy atom. The fourth-order valence-electron chi connectivity index (χ4n) is 1.71. The van der Waals surface area contributed by atoms with Crippen LogP contribution < -0.4 is 5.32 Å². The van der Waals surface area contributed by atoms with Gasteiger partial charge in [0.05, 0.1) is 12.1 Å². The topological polar surface area (TPSA) is 49.4 Å². The molecule has 8 heteroatoms. The number of nitrogens with one attached hydrogen (secondary N) is 1. The van der Waals surface area contributed by atoms with Crippen LogP contribution in [-0.4, -0.2) is 36.3 Å². The third-order valence-electron chi connectivity index (χ3n) is 2.66. The summed E-state index contributed by atoms with van der Waals surface area (Å²) in [6.45, 7) is -0.123. The first kappa shape index (κ1) is 13.3. The third-order valence-corrected chi connectivity index (χ3v) is 2.66. The molecule has 2 amide bonds. The van der Waals surface area contributed by atoms with Crippen molar-refractivity contribution in [2.24, 2.45) is 0 Å². The second kappa shape index (κ2) is 4.87. The first-order valence-electron chi connectivity index (χ1n) is 5.30. The highest BCUT2D eigenvalue weighted by atomic mass is 19.2. The van der Waals surface area contributed by atoms with Crippen molar-refractivity contribution < 1.29 is 27.2 Å². The highest BCUT2D eigenvalue weighted by molar-refractivity contribution is 5.97. The zero-order valence-corrected chi connectivity index (χ0v) is 9.47. The van der Waals surface area contributed by atoms with E-state index in [0.717, 1.165) is 4.90 Å². The lowest BCUT2D eigenvalue weighted by atomic mass is 10.1. The van der Waals surface area contributed by atoms with Crippen LogP contribution in [0.3, 0.4) is 0 Å². The number of hydrogen-bond donors (Lipinski definition) is 1. The normalized spacial score (nSPS) is 15.4. The number of piperazine rings is 1. The van der Waals surface area contributed by atoms with Crippen LogP contribution in [0.5, 0.6) is 0 Å². The van der Waals surface area contributed by atoms with Crippen molar-refractivity contribution in [1.82, 2.24) is 10.2 Å². The lowest BCUT2D eigenvalue weighted by Gasteiger charge is -2.26. The molecule has 1 aromatic rings. The van der Waals surface area contributed by atoms with Crippen molar-refractivity contribution in [2.45, 2.75) is 0 Å². The van der Waals surface area contributed by atoms with Gasteiger partial charge in [-0.05, 0) is 6.07 Å². The van der Waals surface area contributed by atoms with Crippen LogP contribution in [0.15, 0.2) is 6.07 Å². The Kier molecular flexibility index (Phi) is 3.41. The second-order valence-corrected chi connectivity index (χ2v) is 3.92. The van der Waals surface area contributed by atoms with Crippen LogP contribution in [0, 0.1) is 23.3 Å². The molecule has 0 unspecified atom stereocenters. The molecule has 0 bridgehead atoms. The van der Waals surface area contributed by atoms with Crippen molar-refractivity contribution in [3.63, 3.8) is 0 Å². The van der Waals surface area contributed by atoms with E-state index < -0.39 is 40.6 Å². The van der Waals surface area contributed by atoms with E-state index in [9.17, 15) is 27.2 Å². The predicted octanol–water partition coefficient (Wildman–Crippen LogP) is 0.815. The maximum atomic E-state index is 13.4. The van der Waals surface area contributed by atoms with Gasteiger partial charge >= 0.3 is 0 Å². The summed E-state index contributed by atoms with van der Waals surface area (Å²) in [5, 5.41) is 2.43. The van der Waals surface area contributed by atoms with Gasteiger partial charge in [-0.15, -0.1) is 0 Å². The molecule has 0 atom stereocenters. The van der Waals surface area contributed by atoms with Crippen LogP contribution in [-0.2, 0) is 4.79 Å². The minimum absolute atomic E-state index is 0.0740. The number of carbonyl (C=O) groups is 2. The maximum absolute atomic E-state index is 13.4. The number of amides is 2. The Labute approximate surface area is 105 Å². The largest absolute Gasteiger partial charge is 0.353 e. The van der Waals surface area contributed by atoms with E-state index in [1.807, 2.05) is 0 Å². The molecule has 1 saturated heterocycles. The highest BCUT2D eigenvalue weighted by Crippen LogP contribution is 2.20. The number of carbonyl (C=O) groups excluding carboxylic acids is 2. The number of rotatable bonds is 1. The van der Waals surface area contributed by atoms with Crippen LogP contribution in [0.25, 0.3) is 0 Å². The van der Waals surface area contributed by atoms with Gasteiger partial charge in [0, 0.05) is 13.1 Å². The van der Waals surface area contributed by atoms with E-state index in [1.54, 1.807) is 0 Å². The van der Waals surface area contributed by atoms with Crippen molar-refractivity contribution in [2.75, 3.05) is 19.6 Å². The number of nitrogens with zero attached hydrogens (tertiary/aromatic N) is 1. The summed E-state index contributed by atoms with van der Waals surface area (Å²) in [6.07, 6.45) is 0.